The van der Waals surface area contributed by atoms with E-state index in [4.69, 9.17) is 44.9 Å². The second kappa shape index (κ2) is 9.96. The Balaban J connectivity index is 1.82. The van der Waals surface area contributed by atoms with Crippen LogP contribution in [0.2, 0.25) is 10.0 Å². The van der Waals surface area contributed by atoms with Crippen molar-refractivity contribution in [3.05, 3.63) is 86.7 Å². The van der Waals surface area contributed by atoms with Crippen molar-refractivity contribution >= 4 is 63.5 Å². The summed E-state index contributed by atoms with van der Waals surface area (Å²) in [6.07, 6.45) is 1.76. The summed E-state index contributed by atoms with van der Waals surface area (Å²) in [5, 5.41) is 3.63. The summed E-state index contributed by atoms with van der Waals surface area (Å²) in [5.41, 5.74) is 3.22. The average molecular weight is 502 g/mol. The molecular formula is C24H17Cl2NO3S2. The van der Waals surface area contributed by atoms with Crippen LogP contribution >= 0.6 is 47.2 Å². The van der Waals surface area contributed by atoms with Crippen molar-refractivity contribution < 1.29 is 14.3 Å². The number of benzene rings is 3. The molecule has 1 saturated heterocycles. The van der Waals surface area contributed by atoms with Crippen LogP contribution in [0.5, 0.6) is 11.5 Å². The highest BCUT2D eigenvalue weighted by molar-refractivity contribution is 8.26. The van der Waals surface area contributed by atoms with E-state index in [2.05, 4.69) is 5.32 Å². The predicted molar refractivity (Wildman–Crippen MR) is 136 cm³/mol. The van der Waals surface area contributed by atoms with E-state index in [0.717, 1.165) is 22.3 Å². The van der Waals surface area contributed by atoms with Crippen molar-refractivity contribution in [1.82, 2.24) is 5.32 Å². The zero-order valence-corrected chi connectivity index (χ0v) is 20.0. The first-order chi connectivity index (χ1) is 15.4. The Morgan fingerprint density at radius 2 is 1.84 bits per heavy atom. The van der Waals surface area contributed by atoms with E-state index >= 15 is 0 Å². The number of carbonyl (C=O) groups excluding carboxylic acids is 1. The summed E-state index contributed by atoms with van der Waals surface area (Å²) < 4.78 is 12.3. The van der Waals surface area contributed by atoms with Gasteiger partial charge in [0.1, 0.15) is 10.9 Å². The Labute approximate surface area is 205 Å². The van der Waals surface area contributed by atoms with Gasteiger partial charge < -0.3 is 14.8 Å². The molecule has 1 N–H and O–H groups in total. The number of hydrogen-bond acceptors (Lipinski definition) is 5. The lowest BCUT2D eigenvalue weighted by molar-refractivity contribution is -0.115. The molecule has 162 valence electrons. The van der Waals surface area contributed by atoms with Crippen molar-refractivity contribution in [2.45, 2.75) is 6.61 Å². The lowest BCUT2D eigenvalue weighted by atomic mass is 10.0. The summed E-state index contributed by atoms with van der Waals surface area (Å²) in [6.45, 7) is 0.350. The molecule has 0 spiro atoms. The van der Waals surface area contributed by atoms with Crippen molar-refractivity contribution in [2.24, 2.45) is 0 Å². The van der Waals surface area contributed by atoms with E-state index in [-0.39, 0.29) is 5.91 Å². The Bertz CT molecular complexity index is 1230. The Hall–Kier alpha value is -2.51. The number of nitrogens with one attached hydrogen (secondary N) is 1. The van der Waals surface area contributed by atoms with Crippen molar-refractivity contribution in [3.8, 4) is 22.6 Å². The Morgan fingerprint density at radius 3 is 2.50 bits per heavy atom. The van der Waals surface area contributed by atoms with Crippen molar-refractivity contribution in [2.75, 3.05) is 7.11 Å². The van der Waals surface area contributed by atoms with E-state index < -0.39 is 0 Å². The lowest BCUT2D eigenvalue weighted by Crippen LogP contribution is -2.17. The van der Waals surface area contributed by atoms with Gasteiger partial charge in [0.2, 0.25) is 0 Å². The van der Waals surface area contributed by atoms with Crippen LogP contribution in [0.25, 0.3) is 17.2 Å². The van der Waals surface area contributed by atoms with E-state index in [1.807, 2.05) is 48.5 Å². The minimum absolute atomic E-state index is 0.227. The zero-order chi connectivity index (χ0) is 22.7. The minimum atomic E-state index is -0.227. The number of thiocarbonyl (C=S) groups is 1. The number of methoxy groups -OCH3 is 1. The van der Waals surface area contributed by atoms with Crippen LogP contribution in [0.15, 0.2) is 65.6 Å². The van der Waals surface area contributed by atoms with Crippen LogP contribution in [0.4, 0.5) is 0 Å². The molecule has 1 fully saturated rings. The van der Waals surface area contributed by atoms with Crippen molar-refractivity contribution in [1.29, 1.82) is 0 Å². The molecule has 1 amide bonds. The van der Waals surface area contributed by atoms with Gasteiger partial charge in [-0.15, -0.1) is 0 Å². The van der Waals surface area contributed by atoms with Gasteiger partial charge in [0, 0.05) is 16.1 Å². The van der Waals surface area contributed by atoms with Crippen LogP contribution in [0, 0.1) is 0 Å². The number of thioether (sulfide) groups is 1. The van der Waals surface area contributed by atoms with E-state index in [1.54, 1.807) is 25.3 Å². The van der Waals surface area contributed by atoms with Crippen molar-refractivity contribution in [3.63, 3.8) is 0 Å². The molecule has 0 radical (unpaired) electrons. The third-order valence-electron chi connectivity index (χ3n) is 4.68. The molecule has 0 atom stereocenters. The predicted octanol–water partition coefficient (Wildman–Crippen LogP) is 6.74. The highest BCUT2D eigenvalue weighted by Crippen LogP contribution is 2.43. The maximum atomic E-state index is 12.1. The fourth-order valence-electron chi connectivity index (χ4n) is 3.22. The first-order valence-electron chi connectivity index (χ1n) is 9.53. The number of ether oxygens (including phenoxy) is 2. The SMILES string of the molecule is COc1cc(C=C2SC(=S)NC2=O)cc(-c2ccc(Cl)cc2Cl)c1OCc1ccccc1. The standard InChI is InChI=1S/C24H17Cl2NO3S2/c1-29-20-10-15(11-21-23(28)27-24(31)32-21)9-18(17-8-7-16(25)12-19(17)26)22(20)30-13-14-5-3-2-4-6-14/h2-12H,13H2,1H3,(H,27,28,31). The molecule has 4 nitrogen and oxygen atoms in total. The van der Waals surface area contributed by atoms with Gasteiger partial charge in [0.15, 0.2) is 11.5 Å². The quantitative estimate of drug-likeness (QED) is 0.299. The van der Waals surface area contributed by atoms with Crippen LogP contribution in [0.3, 0.4) is 0 Å². The van der Waals surface area contributed by atoms with Gasteiger partial charge >= 0.3 is 0 Å². The normalized spacial score (nSPS) is 14.5. The molecule has 0 aliphatic carbocycles. The number of carbonyl (C=O) groups is 1. The van der Waals surface area contributed by atoms with Crippen LogP contribution in [-0.4, -0.2) is 17.3 Å². The van der Waals surface area contributed by atoms with Crippen LogP contribution in [-0.2, 0) is 11.4 Å². The van der Waals surface area contributed by atoms with Gasteiger partial charge in [-0.25, -0.2) is 0 Å². The van der Waals surface area contributed by atoms with E-state index in [9.17, 15) is 4.79 Å². The summed E-state index contributed by atoms with van der Waals surface area (Å²) in [4.78, 5) is 12.6. The smallest absolute Gasteiger partial charge is 0.263 e. The summed E-state index contributed by atoms with van der Waals surface area (Å²) in [5.74, 6) is 0.832. The highest BCUT2D eigenvalue weighted by Gasteiger charge is 2.23. The first kappa shape index (κ1) is 22.7. The number of halogens is 2. The molecule has 3 aromatic carbocycles. The molecule has 1 aliphatic rings. The maximum Gasteiger partial charge on any atom is 0.263 e. The third kappa shape index (κ3) is 5.10. The molecular weight excluding hydrogens is 485 g/mol. The molecule has 4 rings (SSSR count). The summed E-state index contributed by atoms with van der Waals surface area (Å²) in [6, 6.07) is 18.8. The second-order valence-corrected chi connectivity index (χ2v) is 9.41. The van der Waals surface area contributed by atoms with Gasteiger partial charge in [0.25, 0.3) is 5.91 Å². The topological polar surface area (TPSA) is 47.6 Å². The molecule has 8 heteroatoms. The van der Waals surface area contributed by atoms with Gasteiger partial charge in [-0.1, -0.05) is 83.6 Å². The van der Waals surface area contributed by atoms with Gasteiger partial charge in [-0.2, -0.15) is 0 Å². The summed E-state index contributed by atoms with van der Waals surface area (Å²) >= 11 is 18.9. The minimum Gasteiger partial charge on any atom is -0.493 e. The van der Waals surface area contributed by atoms with Gasteiger partial charge in [0.05, 0.1) is 17.0 Å². The largest absolute Gasteiger partial charge is 0.493 e. The fourth-order valence-corrected chi connectivity index (χ4v) is 4.77. The fraction of sp³-hybridized carbons (Fsp3) is 0.0833. The molecule has 32 heavy (non-hydrogen) atoms. The molecule has 1 aliphatic heterocycles. The zero-order valence-electron chi connectivity index (χ0n) is 16.9. The monoisotopic (exact) mass is 501 g/mol. The Kier molecular flexibility index (Phi) is 7.06. The maximum absolute atomic E-state index is 12.1. The number of amides is 1. The first-order valence-corrected chi connectivity index (χ1v) is 11.5. The number of rotatable bonds is 6. The molecule has 0 saturated carbocycles. The second-order valence-electron chi connectivity index (χ2n) is 6.85. The van der Waals surface area contributed by atoms with Crippen LogP contribution < -0.4 is 14.8 Å². The van der Waals surface area contributed by atoms with E-state index in [0.29, 0.717) is 37.4 Å². The molecule has 0 bridgehead atoms. The van der Waals surface area contributed by atoms with Gasteiger partial charge in [-0.05, 0) is 41.5 Å². The average Bonchev–Trinajstić information content (AvgIpc) is 3.09. The third-order valence-corrected chi connectivity index (χ3v) is 6.39. The van der Waals surface area contributed by atoms with E-state index in [1.165, 1.54) is 11.8 Å². The molecule has 0 aromatic heterocycles. The Morgan fingerprint density at radius 1 is 1.06 bits per heavy atom. The molecule has 0 unspecified atom stereocenters. The van der Waals surface area contributed by atoms with Gasteiger partial charge in [-0.3, -0.25) is 4.79 Å². The molecule has 3 aromatic rings. The van der Waals surface area contributed by atoms with Crippen LogP contribution in [0.1, 0.15) is 11.1 Å². The number of hydrogen-bond donors (Lipinski definition) is 1. The lowest BCUT2D eigenvalue weighted by Gasteiger charge is -2.18. The highest BCUT2D eigenvalue weighted by atomic mass is 35.5. The summed E-state index contributed by atoms with van der Waals surface area (Å²) in [7, 11) is 1.57. The molecule has 1 heterocycles.